The van der Waals surface area contributed by atoms with Gasteiger partial charge in [0.25, 0.3) is 0 Å². The molecule has 0 bridgehead atoms. The Balaban J connectivity index is 2.23. The van der Waals surface area contributed by atoms with Gasteiger partial charge >= 0.3 is 17.9 Å². The second kappa shape index (κ2) is 11.0. The number of benzene rings is 2. The number of esters is 1. The molecule has 0 aliphatic carbocycles. The lowest BCUT2D eigenvalue weighted by molar-refractivity contribution is -0.152. The zero-order chi connectivity index (χ0) is 21.2. The van der Waals surface area contributed by atoms with Crippen molar-refractivity contribution in [2.75, 3.05) is 19.8 Å². The number of fused-ring (bicyclic) bond motifs is 1. The topological polar surface area (TPSA) is 110 Å². The Morgan fingerprint density at radius 3 is 2.41 bits per heavy atom. The normalized spacial score (nSPS) is 12.5. The number of ether oxygens (including phenoxy) is 2. The van der Waals surface area contributed by atoms with Crippen LogP contribution in [0.15, 0.2) is 48.0 Å². The van der Waals surface area contributed by atoms with Gasteiger partial charge in [-0.3, -0.25) is 9.59 Å². The molecule has 0 amide bonds. The molecule has 2 N–H and O–H groups in total. The van der Waals surface area contributed by atoms with E-state index in [0.29, 0.717) is 12.2 Å². The van der Waals surface area contributed by atoms with Gasteiger partial charge in [-0.2, -0.15) is 0 Å². The van der Waals surface area contributed by atoms with Gasteiger partial charge < -0.3 is 19.7 Å². The van der Waals surface area contributed by atoms with Crippen molar-refractivity contribution in [3.05, 3.63) is 53.6 Å². The van der Waals surface area contributed by atoms with Crippen molar-refractivity contribution >= 4 is 34.8 Å². The van der Waals surface area contributed by atoms with Crippen LogP contribution in [-0.4, -0.2) is 47.9 Å². The molecule has 0 aromatic heterocycles. The summed E-state index contributed by atoms with van der Waals surface area (Å²) in [5.74, 6) is -5.12. The third-order valence-electron chi connectivity index (χ3n) is 4.26. The molecule has 1 unspecified atom stereocenters. The van der Waals surface area contributed by atoms with E-state index < -0.39 is 30.2 Å². The SMILES string of the molecule is CCCOCCOC(=O)CC(C(=O)O)C(=Cc1cccc2ccccc12)C(=O)O. The van der Waals surface area contributed by atoms with Crippen LogP contribution in [0.3, 0.4) is 0 Å². The summed E-state index contributed by atoms with van der Waals surface area (Å²) < 4.78 is 10.2. The lowest BCUT2D eigenvalue weighted by atomic mass is 9.92. The monoisotopic (exact) mass is 400 g/mol. The predicted molar refractivity (Wildman–Crippen MR) is 107 cm³/mol. The summed E-state index contributed by atoms with van der Waals surface area (Å²) in [6.07, 6.45) is 1.56. The van der Waals surface area contributed by atoms with Crippen LogP contribution in [0.25, 0.3) is 16.8 Å². The van der Waals surface area contributed by atoms with E-state index in [4.69, 9.17) is 9.47 Å². The first kappa shape index (κ1) is 22.1. The molecule has 2 aromatic carbocycles. The van der Waals surface area contributed by atoms with E-state index in [-0.39, 0.29) is 18.8 Å². The summed E-state index contributed by atoms with van der Waals surface area (Å²) in [6, 6.07) is 12.7. The van der Waals surface area contributed by atoms with Gasteiger partial charge in [-0.1, -0.05) is 49.4 Å². The highest BCUT2D eigenvalue weighted by Gasteiger charge is 2.30. The highest BCUT2D eigenvalue weighted by molar-refractivity contribution is 6.02. The lowest BCUT2D eigenvalue weighted by Crippen LogP contribution is -2.25. The molecule has 0 radical (unpaired) electrons. The molecular formula is C22H24O7. The van der Waals surface area contributed by atoms with Crippen LogP contribution in [0.4, 0.5) is 0 Å². The van der Waals surface area contributed by atoms with E-state index in [2.05, 4.69) is 0 Å². The number of hydrogen-bond donors (Lipinski definition) is 2. The molecule has 29 heavy (non-hydrogen) atoms. The Bertz CT molecular complexity index is 896. The minimum Gasteiger partial charge on any atom is -0.481 e. The number of carbonyl (C=O) groups is 3. The number of rotatable bonds is 11. The Morgan fingerprint density at radius 2 is 1.72 bits per heavy atom. The maximum Gasteiger partial charge on any atom is 0.332 e. The summed E-state index contributed by atoms with van der Waals surface area (Å²) >= 11 is 0. The molecule has 0 aliphatic rings. The molecule has 0 fully saturated rings. The van der Waals surface area contributed by atoms with Crippen LogP contribution in [0, 0.1) is 5.92 Å². The summed E-state index contributed by atoms with van der Waals surface area (Å²) in [7, 11) is 0. The van der Waals surface area contributed by atoms with Crippen molar-refractivity contribution in [2.24, 2.45) is 5.92 Å². The molecule has 2 rings (SSSR count). The van der Waals surface area contributed by atoms with Crippen molar-refractivity contribution in [2.45, 2.75) is 19.8 Å². The standard InChI is InChI=1S/C22H24O7/c1-2-10-28-11-12-29-20(23)14-19(22(26)27)18(21(24)25)13-16-8-5-7-15-6-3-4-9-17(15)16/h3-9,13,19H,2,10-12,14H2,1H3,(H,24,25)(H,26,27). The second-order valence-corrected chi connectivity index (χ2v) is 6.40. The van der Waals surface area contributed by atoms with Crippen LogP contribution in [0.5, 0.6) is 0 Å². The molecule has 7 heteroatoms. The van der Waals surface area contributed by atoms with Gasteiger partial charge in [0, 0.05) is 6.61 Å². The van der Waals surface area contributed by atoms with Crippen LogP contribution in [-0.2, 0) is 23.9 Å². The average Bonchev–Trinajstić information content (AvgIpc) is 2.70. The third-order valence-corrected chi connectivity index (χ3v) is 4.26. The number of carboxylic acids is 2. The van der Waals surface area contributed by atoms with Crippen LogP contribution < -0.4 is 0 Å². The molecule has 0 heterocycles. The molecular weight excluding hydrogens is 376 g/mol. The molecule has 0 saturated heterocycles. The molecule has 7 nitrogen and oxygen atoms in total. The van der Waals surface area contributed by atoms with E-state index in [9.17, 15) is 24.6 Å². The minimum atomic E-state index is -1.53. The van der Waals surface area contributed by atoms with Crippen molar-refractivity contribution < 1.29 is 34.1 Å². The van der Waals surface area contributed by atoms with Gasteiger partial charge in [-0.15, -0.1) is 0 Å². The fourth-order valence-electron chi connectivity index (χ4n) is 2.87. The molecule has 2 aromatic rings. The van der Waals surface area contributed by atoms with E-state index in [1.165, 1.54) is 6.08 Å². The van der Waals surface area contributed by atoms with Crippen molar-refractivity contribution in [3.63, 3.8) is 0 Å². The number of aliphatic carboxylic acids is 2. The number of hydrogen-bond acceptors (Lipinski definition) is 5. The van der Waals surface area contributed by atoms with Gasteiger partial charge in [-0.25, -0.2) is 4.79 Å². The fraction of sp³-hybridized carbons (Fsp3) is 0.318. The highest BCUT2D eigenvalue weighted by Crippen LogP contribution is 2.25. The quantitative estimate of drug-likeness (QED) is 0.338. The molecule has 154 valence electrons. The van der Waals surface area contributed by atoms with E-state index >= 15 is 0 Å². The largest absolute Gasteiger partial charge is 0.481 e. The van der Waals surface area contributed by atoms with Crippen molar-refractivity contribution in [1.82, 2.24) is 0 Å². The Hall–Kier alpha value is -3.19. The summed E-state index contributed by atoms with van der Waals surface area (Å²) in [4.78, 5) is 35.5. The lowest BCUT2D eigenvalue weighted by Gasteiger charge is -2.14. The Morgan fingerprint density at radius 1 is 1.00 bits per heavy atom. The fourth-order valence-corrected chi connectivity index (χ4v) is 2.87. The van der Waals surface area contributed by atoms with Crippen LogP contribution >= 0.6 is 0 Å². The number of carboxylic acid groups (broad SMARTS) is 2. The summed E-state index contributed by atoms with van der Waals surface area (Å²) in [6.45, 7) is 2.67. The average molecular weight is 400 g/mol. The molecule has 0 spiro atoms. The maximum atomic E-state index is 12.0. The molecule has 1 atom stereocenters. The Labute approximate surface area is 168 Å². The van der Waals surface area contributed by atoms with Gasteiger partial charge in [0.1, 0.15) is 6.61 Å². The van der Waals surface area contributed by atoms with Crippen molar-refractivity contribution in [3.8, 4) is 0 Å². The van der Waals surface area contributed by atoms with E-state index in [1.807, 2.05) is 37.3 Å². The van der Waals surface area contributed by atoms with Crippen molar-refractivity contribution in [1.29, 1.82) is 0 Å². The first-order valence-corrected chi connectivity index (χ1v) is 9.32. The van der Waals surface area contributed by atoms with Gasteiger partial charge in [0.2, 0.25) is 0 Å². The summed E-state index contributed by atoms with van der Waals surface area (Å²) in [5.41, 5.74) is 0.182. The smallest absolute Gasteiger partial charge is 0.332 e. The molecule has 0 saturated carbocycles. The predicted octanol–water partition coefficient (Wildman–Crippen LogP) is 3.37. The van der Waals surface area contributed by atoms with Crippen LogP contribution in [0.2, 0.25) is 0 Å². The van der Waals surface area contributed by atoms with E-state index in [1.54, 1.807) is 12.1 Å². The minimum absolute atomic E-state index is 0.0133. The zero-order valence-electron chi connectivity index (χ0n) is 16.2. The maximum absolute atomic E-state index is 12.0. The van der Waals surface area contributed by atoms with E-state index in [0.717, 1.165) is 17.2 Å². The van der Waals surface area contributed by atoms with Gasteiger partial charge in [0.15, 0.2) is 0 Å². The van der Waals surface area contributed by atoms with Crippen LogP contribution in [0.1, 0.15) is 25.3 Å². The molecule has 0 aliphatic heterocycles. The first-order valence-electron chi connectivity index (χ1n) is 9.32. The Kier molecular flexibility index (Phi) is 8.36. The first-order chi connectivity index (χ1) is 13.9. The zero-order valence-corrected chi connectivity index (χ0v) is 16.2. The third kappa shape index (κ3) is 6.43. The second-order valence-electron chi connectivity index (χ2n) is 6.40. The van der Waals surface area contributed by atoms with Gasteiger partial charge in [0.05, 0.1) is 24.5 Å². The summed E-state index contributed by atoms with van der Waals surface area (Å²) in [5, 5.41) is 20.8. The van der Waals surface area contributed by atoms with Gasteiger partial charge in [-0.05, 0) is 28.8 Å². The highest BCUT2D eigenvalue weighted by atomic mass is 16.6. The number of carbonyl (C=O) groups excluding carboxylic acids is 1.